The van der Waals surface area contributed by atoms with E-state index in [-0.39, 0.29) is 17.7 Å². The third kappa shape index (κ3) is 4.54. The van der Waals surface area contributed by atoms with E-state index in [9.17, 15) is 14.4 Å². The molecule has 0 bridgehead atoms. The molecule has 4 rings (SSSR count). The van der Waals surface area contributed by atoms with Gasteiger partial charge >= 0.3 is 0 Å². The minimum atomic E-state index is -0.802. The highest BCUT2D eigenvalue weighted by Gasteiger charge is 2.54. The molecule has 0 aliphatic carbocycles. The van der Waals surface area contributed by atoms with Crippen LogP contribution < -0.4 is 10.6 Å². The van der Waals surface area contributed by atoms with E-state index in [1.165, 1.54) is 0 Å². The largest absolute Gasteiger partial charge is 0.351 e. The van der Waals surface area contributed by atoms with Crippen molar-refractivity contribution in [2.24, 2.45) is 5.92 Å². The number of nitrogens with one attached hydrogen (secondary N) is 2. The van der Waals surface area contributed by atoms with Crippen LogP contribution in [0.25, 0.3) is 0 Å². The molecule has 0 saturated carbocycles. The summed E-state index contributed by atoms with van der Waals surface area (Å²) in [5.41, 5.74) is 1.46. The molecule has 6 heteroatoms. The lowest BCUT2D eigenvalue weighted by Crippen LogP contribution is -2.62. The summed E-state index contributed by atoms with van der Waals surface area (Å²) >= 11 is 0. The van der Waals surface area contributed by atoms with Gasteiger partial charge in [-0.2, -0.15) is 0 Å². The molecule has 2 aromatic rings. The molecule has 168 valence electrons. The van der Waals surface area contributed by atoms with E-state index in [1.807, 2.05) is 69.3 Å². The summed E-state index contributed by atoms with van der Waals surface area (Å²) in [6.07, 6.45) is 1.55. The van der Waals surface area contributed by atoms with E-state index in [1.54, 1.807) is 11.0 Å². The van der Waals surface area contributed by atoms with Crippen LogP contribution in [0.5, 0.6) is 0 Å². The van der Waals surface area contributed by atoms with Gasteiger partial charge in [-0.15, -0.1) is 0 Å². The Kier molecular flexibility index (Phi) is 5.80. The lowest BCUT2D eigenvalue weighted by atomic mass is 9.76. The average Bonchev–Trinajstić information content (AvgIpc) is 3.10. The Bertz CT molecular complexity index is 1030. The average molecular weight is 434 g/mol. The fourth-order valence-electron chi connectivity index (χ4n) is 4.82. The maximum atomic E-state index is 13.3. The third-order valence-electron chi connectivity index (χ3n) is 6.31. The van der Waals surface area contributed by atoms with Crippen molar-refractivity contribution in [2.75, 3.05) is 13.1 Å². The first-order chi connectivity index (χ1) is 15.2. The molecule has 2 heterocycles. The van der Waals surface area contributed by atoms with Crippen LogP contribution in [-0.2, 0) is 22.4 Å². The molecule has 2 aromatic carbocycles. The van der Waals surface area contributed by atoms with Crippen molar-refractivity contribution < 1.29 is 14.4 Å². The molecule has 0 unspecified atom stereocenters. The van der Waals surface area contributed by atoms with E-state index >= 15 is 0 Å². The minimum Gasteiger partial charge on any atom is -0.351 e. The van der Waals surface area contributed by atoms with Gasteiger partial charge in [0, 0.05) is 30.6 Å². The molecule has 0 aromatic heterocycles. The number of aryl methyl sites for hydroxylation is 1. The van der Waals surface area contributed by atoms with E-state index in [0.717, 1.165) is 11.1 Å². The molecular formula is C26H31N3O3. The highest BCUT2D eigenvalue weighted by Crippen LogP contribution is 2.36. The highest BCUT2D eigenvalue weighted by molar-refractivity contribution is 5.98. The normalized spacial score (nSPS) is 22.4. The van der Waals surface area contributed by atoms with Crippen LogP contribution >= 0.6 is 0 Å². The number of fused-ring (bicyclic) bond motifs is 1. The summed E-state index contributed by atoms with van der Waals surface area (Å²) in [5, 5.41) is 6.19. The molecule has 2 atom stereocenters. The second kappa shape index (κ2) is 8.41. The monoisotopic (exact) mass is 433 g/mol. The summed E-state index contributed by atoms with van der Waals surface area (Å²) in [6.45, 7) is 6.44. The van der Waals surface area contributed by atoms with Crippen LogP contribution in [0.15, 0.2) is 54.6 Å². The van der Waals surface area contributed by atoms with Gasteiger partial charge in [0.2, 0.25) is 11.8 Å². The molecule has 2 aliphatic rings. The molecule has 0 radical (unpaired) electrons. The molecule has 6 nitrogen and oxygen atoms in total. The Hall–Kier alpha value is -3.15. The summed E-state index contributed by atoms with van der Waals surface area (Å²) in [5.74, 6) is -0.818. The summed E-state index contributed by atoms with van der Waals surface area (Å²) in [4.78, 5) is 41.1. The lowest BCUT2D eigenvalue weighted by molar-refractivity contribution is -0.130. The molecule has 1 spiro atoms. The van der Waals surface area contributed by atoms with Crippen molar-refractivity contribution in [3.05, 3.63) is 71.3 Å². The van der Waals surface area contributed by atoms with Gasteiger partial charge in [-0.1, -0.05) is 48.5 Å². The SMILES string of the molecule is CC(C)(C)NC(=O)[C@@H]1CN(C(=O)CCc2ccccc2)C[C@]12Cc1ccccc1C(=O)N2. The number of likely N-dealkylation sites (tertiary alicyclic amines) is 1. The van der Waals surface area contributed by atoms with E-state index in [2.05, 4.69) is 10.6 Å². The summed E-state index contributed by atoms with van der Waals surface area (Å²) in [6, 6.07) is 17.4. The number of carbonyl (C=O) groups is 3. The second-order valence-corrected chi connectivity index (χ2v) is 10.00. The molecule has 2 N–H and O–H groups in total. The lowest BCUT2D eigenvalue weighted by Gasteiger charge is -2.39. The molecule has 32 heavy (non-hydrogen) atoms. The van der Waals surface area contributed by atoms with Crippen LogP contribution in [0.1, 0.15) is 48.7 Å². The van der Waals surface area contributed by atoms with E-state index in [0.29, 0.717) is 37.9 Å². The molecular weight excluding hydrogens is 402 g/mol. The summed E-state index contributed by atoms with van der Waals surface area (Å²) in [7, 11) is 0. The molecule has 3 amide bonds. The van der Waals surface area contributed by atoms with Gasteiger partial charge < -0.3 is 15.5 Å². The fraction of sp³-hybridized carbons (Fsp3) is 0.423. The van der Waals surface area contributed by atoms with Crippen LogP contribution in [0, 0.1) is 5.92 Å². The van der Waals surface area contributed by atoms with Gasteiger partial charge in [-0.25, -0.2) is 0 Å². The van der Waals surface area contributed by atoms with Gasteiger partial charge in [-0.05, 0) is 50.8 Å². The minimum absolute atomic E-state index is 0.00685. The third-order valence-corrected chi connectivity index (χ3v) is 6.31. The molecule has 2 aliphatic heterocycles. The predicted octanol–water partition coefficient (Wildman–Crippen LogP) is 2.72. The number of benzene rings is 2. The maximum Gasteiger partial charge on any atom is 0.252 e. The number of hydrogen-bond acceptors (Lipinski definition) is 3. The van der Waals surface area contributed by atoms with Crippen molar-refractivity contribution >= 4 is 17.7 Å². The first-order valence-electron chi connectivity index (χ1n) is 11.2. The van der Waals surface area contributed by atoms with Gasteiger partial charge in [0.1, 0.15) is 0 Å². The fourth-order valence-corrected chi connectivity index (χ4v) is 4.82. The first kappa shape index (κ1) is 22.1. The number of hydrogen-bond donors (Lipinski definition) is 2. The Balaban J connectivity index is 1.58. The van der Waals surface area contributed by atoms with Crippen molar-refractivity contribution in [2.45, 2.75) is 51.1 Å². The standard InChI is InChI=1S/C26H31N3O3/c1-25(2,3)27-24(32)21-16-29(22(30)14-13-18-9-5-4-6-10-18)17-26(21)15-19-11-7-8-12-20(19)23(31)28-26/h4-12,21H,13-17H2,1-3H3,(H,27,32)(H,28,31)/t21-,26+/m0/s1. The quantitative estimate of drug-likeness (QED) is 0.778. The smallest absolute Gasteiger partial charge is 0.252 e. The number of amides is 3. The van der Waals surface area contributed by atoms with Crippen LogP contribution in [0.4, 0.5) is 0 Å². The second-order valence-electron chi connectivity index (χ2n) is 10.00. The molecule has 1 fully saturated rings. The number of nitrogens with zero attached hydrogens (tertiary/aromatic N) is 1. The van der Waals surface area contributed by atoms with Gasteiger partial charge in [0.05, 0.1) is 11.5 Å². The van der Waals surface area contributed by atoms with Crippen molar-refractivity contribution in [3.8, 4) is 0 Å². The number of carbonyl (C=O) groups excluding carboxylic acids is 3. The number of rotatable bonds is 4. The van der Waals surface area contributed by atoms with Crippen molar-refractivity contribution in [1.82, 2.24) is 15.5 Å². The Morgan fingerprint density at radius 3 is 2.50 bits per heavy atom. The van der Waals surface area contributed by atoms with E-state index < -0.39 is 17.0 Å². The van der Waals surface area contributed by atoms with Crippen LogP contribution in [0.3, 0.4) is 0 Å². The Labute approximate surface area is 189 Å². The molecule has 1 saturated heterocycles. The summed E-state index contributed by atoms with van der Waals surface area (Å²) < 4.78 is 0. The van der Waals surface area contributed by atoms with Gasteiger partial charge in [0.15, 0.2) is 0 Å². The maximum absolute atomic E-state index is 13.3. The van der Waals surface area contributed by atoms with Crippen molar-refractivity contribution in [1.29, 1.82) is 0 Å². The van der Waals surface area contributed by atoms with Crippen LogP contribution in [-0.4, -0.2) is 46.8 Å². The first-order valence-corrected chi connectivity index (χ1v) is 11.2. The Morgan fingerprint density at radius 2 is 1.78 bits per heavy atom. The predicted molar refractivity (Wildman–Crippen MR) is 123 cm³/mol. The van der Waals surface area contributed by atoms with Gasteiger partial charge in [-0.3, -0.25) is 14.4 Å². The van der Waals surface area contributed by atoms with Gasteiger partial charge in [0.25, 0.3) is 5.91 Å². The zero-order chi connectivity index (χ0) is 22.9. The van der Waals surface area contributed by atoms with E-state index in [4.69, 9.17) is 0 Å². The van der Waals surface area contributed by atoms with Crippen molar-refractivity contribution in [3.63, 3.8) is 0 Å². The topological polar surface area (TPSA) is 78.5 Å². The zero-order valence-corrected chi connectivity index (χ0v) is 19.0. The van der Waals surface area contributed by atoms with Crippen LogP contribution in [0.2, 0.25) is 0 Å². The highest BCUT2D eigenvalue weighted by atomic mass is 16.2. The zero-order valence-electron chi connectivity index (χ0n) is 19.0. The Morgan fingerprint density at radius 1 is 1.09 bits per heavy atom.